The lowest BCUT2D eigenvalue weighted by molar-refractivity contribution is 0.640. The largest absolute Gasteiger partial charge is 0.268 e. The van der Waals surface area contributed by atoms with Crippen molar-refractivity contribution in [1.29, 1.82) is 0 Å². The van der Waals surface area contributed by atoms with E-state index >= 15 is 0 Å². The highest BCUT2D eigenvalue weighted by atomic mass is 16.1. The van der Waals surface area contributed by atoms with Crippen molar-refractivity contribution in [1.82, 2.24) is 9.78 Å². The molecule has 0 atom stereocenters. The smallest absolute Gasteiger partial charge is 0.267 e. The van der Waals surface area contributed by atoms with Gasteiger partial charge in [0.15, 0.2) is 0 Å². The molecule has 0 N–H and O–H groups in total. The van der Waals surface area contributed by atoms with Crippen LogP contribution < -0.4 is 5.56 Å². The molecule has 3 rings (SSSR count). The van der Waals surface area contributed by atoms with Crippen molar-refractivity contribution in [2.45, 2.75) is 34.2 Å². The van der Waals surface area contributed by atoms with Gasteiger partial charge in [0.25, 0.3) is 5.56 Å². The van der Waals surface area contributed by atoms with Gasteiger partial charge < -0.3 is 0 Å². The summed E-state index contributed by atoms with van der Waals surface area (Å²) in [6.45, 7) is 8.79. The van der Waals surface area contributed by atoms with E-state index in [2.05, 4.69) is 69.2 Å². The highest BCUT2D eigenvalue weighted by molar-refractivity contribution is 5.60. The lowest BCUT2D eigenvalue weighted by atomic mass is 10.0. The second-order valence-corrected chi connectivity index (χ2v) is 6.44. The number of nitrogens with zero attached hydrogens (tertiary/aromatic N) is 2. The van der Waals surface area contributed by atoms with Crippen molar-refractivity contribution in [2.24, 2.45) is 0 Å². The minimum atomic E-state index is -0.0801. The van der Waals surface area contributed by atoms with Gasteiger partial charge in [0.05, 0.1) is 12.2 Å². The number of aryl methyl sites for hydroxylation is 4. The second kappa shape index (κ2) is 6.44. The van der Waals surface area contributed by atoms with E-state index in [1.807, 2.05) is 0 Å². The SMILES string of the molecule is Cc1ccc(C)c(Cn2nc(-c3ccc(C)c(C)c3)ccc2=O)c1. The number of benzene rings is 2. The van der Waals surface area contributed by atoms with Gasteiger partial charge in [-0.2, -0.15) is 5.10 Å². The molecule has 0 saturated carbocycles. The highest BCUT2D eigenvalue weighted by Crippen LogP contribution is 2.19. The van der Waals surface area contributed by atoms with Crippen LogP contribution in [0.1, 0.15) is 27.8 Å². The average molecular weight is 318 g/mol. The maximum absolute atomic E-state index is 12.2. The molecule has 0 bridgehead atoms. The van der Waals surface area contributed by atoms with Crippen LogP contribution in [-0.2, 0) is 6.54 Å². The summed E-state index contributed by atoms with van der Waals surface area (Å²) in [4.78, 5) is 12.2. The molecule has 0 saturated heterocycles. The van der Waals surface area contributed by atoms with E-state index in [4.69, 9.17) is 0 Å². The van der Waals surface area contributed by atoms with Crippen LogP contribution >= 0.6 is 0 Å². The van der Waals surface area contributed by atoms with Crippen molar-refractivity contribution in [2.75, 3.05) is 0 Å². The van der Waals surface area contributed by atoms with E-state index in [-0.39, 0.29) is 5.56 Å². The Labute approximate surface area is 142 Å². The van der Waals surface area contributed by atoms with Crippen molar-refractivity contribution in [3.05, 3.63) is 86.7 Å². The van der Waals surface area contributed by atoms with Crippen molar-refractivity contribution in [3.8, 4) is 11.3 Å². The van der Waals surface area contributed by atoms with Crippen molar-refractivity contribution < 1.29 is 0 Å². The Bertz CT molecular complexity index is 954. The molecule has 1 heterocycles. The second-order valence-electron chi connectivity index (χ2n) is 6.44. The quantitative estimate of drug-likeness (QED) is 0.725. The highest BCUT2D eigenvalue weighted by Gasteiger charge is 2.07. The Morgan fingerprint density at radius 1 is 0.833 bits per heavy atom. The normalized spacial score (nSPS) is 10.8. The fourth-order valence-corrected chi connectivity index (χ4v) is 2.75. The van der Waals surface area contributed by atoms with Crippen LogP contribution in [0.3, 0.4) is 0 Å². The summed E-state index contributed by atoms with van der Waals surface area (Å²) in [7, 11) is 0. The van der Waals surface area contributed by atoms with Crippen LogP contribution in [0.5, 0.6) is 0 Å². The molecule has 0 aliphatic heterocycles. The van der Waals surface area contributed by atoms with E-state index in [9.17, 15) is 4.79 Å². The Morgan fingerprint density at radius 3 is 2.33 bits per heavy atom. The molecule has 3 aromatic rings. The molecule has 0 aliphatic carbocycles. The third-order valence-corrected chi connectivity index (χ3v) is 4.49. The van der Waals surface area contributed by atoms with Gasteiger partial charge in [-0.05, 0) is 62.1 Å². The van der Waals surface area contributed by atoms with Gasteiger partial charge in [0, 0.05) is 11.6 Å². The minimum Gasteiger partial charge on any atom is -0.268 e. The van der Waals surface area contributed by atoms with Gasteiger partial charge in [-0.3, -0.25) is 4.79 Å². The molecule has 0 fully saturated rings. The third-order valence-electron chi connectivity index (χ3n) is 4.49. The summed E-state index contributed by atoms with van der Waals surface area (Å²) >= 11 is 0. The molecule has 1 aromatic heterocycles. The zero-order valence-corrected chi connectivity index (χ0v) is 14.6. The minimum absolute atomic E-state index is 0.0801. The van der Waals surface area contributed by atoms with Crippen LogP contribution in [0, 0.1) is 27.7 Å². The first-order valence-electron chi connectivity index (χ1n) is 8.16. The summed E-state index contributed by atoms with van der Waals surface area (Å²) < 4.78 is 1.55. The van der Waals surface area contributed by atoms with E-state index in [1.165, 1.54) is 22.3 Å². The molecular formula is C21H22N2O. The number of aromatic nitrogens is 2. The predicted octanol–water partition coefficient (Wildman–Crippen LogP) is 4.19. The molecule has 0 unspecified atom stereocenters. The van der Waals surface area contributed by atoms with Crippen LogP contribution in [0.25, 0.3) is 11.3 Å². The van der Waals surface area contributed by atoms with Crippen molar-refractivity contribution >= 4 is 0 Å². The van der Waals surface area contributed by atoms with E-state index in [0.29, 0.717) is 6.54 Å². The van der Waals surface area contributed by atoms with Gasteiger partial charge in [0.2, 0.25) is 0 Å². The third kappa shape index (κ3) is 3.30. The number of hydrogen-bond donors (Lipinski definition) is 0. The molecule has 0 aliphatic rings. The summed E-state index contributed by atoms with van der Waals surface area (Å²) in [5, 5.41) is 4.58. The van der Waals surface area contributed by atoms with Gasteiger partial charge in [0.1, 0.15) is 0 Å². The maximum atomic E-state index is 12.2. The zero-order chi connectivity index (χ0) is 17.3. The number of rotatable bonds is 3. The van der Waals surface area contributed by atoms with Crippen LogP contribution in [0.2, 0.25) is 0 Å². The molecule has 122 valence electrons. The standard InChI is InChI=1S/C21H22N2O/c1-14-5-6-16(3)19(11-14)13-23-21(24)10-9-20(22-23)18-8-7-15(2)17(4)12-18/h5-12H,13H2,1-4H3. The molecule has 3 nitrogen and oxygen atoms in total. The summed E-state index contributed by atoms with van der Waals surface area (Å²) in [5.41, 5.74) is 7.74. The summed E-state index contributed by atoms with van der Waals surface area (Å²) in [6, 6.07) is 15.9. The van der Waals surface area contributed by atoms with Gasteiger partial charge in [-0.1, -0.05) is 35.9 Å². The van der Waals surface area contributed by atoms with E-state index < -0.39 is 0 Å². The van der Waals surface area contributed by atoms with E-state index in [1.54, 1.807) is 16.8 Å². The first-order valence-corrected chi connectivity index (χ1v) is 8.16. The molecule has 0 amide bonds. The lowest BCUT2D eigenvalue weighted by Crippen LogP contribution is -2.23. The molecule has 24 heavy (non-hydrogen) atoms. The first-order chi connectivity index (χ1) is 11.4. The first kappa shape index (κ1) is 16.2. The van der Waals surface area contributed by atoms with E-state index in [0.717, 1.165) is 16.8 Å². The van der Waals surface area contributed by atoms with Gasteiger partial charge in [-0.15, -0.1) is 0 Å². The van der Waals surface area contributed by atoms with Gasteiger partial charge in [-0.25, -0.2) is 4.68 Å². The lowest BCUT2D eigenvalue weighted by Gasteiger charge is -2.11. The molecule has 3 heteroatoms. The van der Waals surface area contributed by atoms with Crippen LogP contribution in [0.15, 0.2) is 53.3 Å². The van der Waals surface area contributed by atoms with Crippen molar-refractivity contribution in [3.63, 3.8) is 0 Å². The summed E-state index contributed by atoms with van der Waals surface area (Å²) in [5.74, 6) is 0. The number of hydrogen-bond acceptors (Lipinski definition) is 2. The van der Waals surface area contributed by atoms with Crippen LogP contribution in [-0.4, -0.2) is 9.78 Å². The predicted molar refractivity (Wildman–Crippen MR) is 98.4 cm³/mol. The maximum Gasteiger partial charge on any atom is 0.267 e. The Hall–Kier alpha value is -2.68. The molecular weight excluding hydrogens is 296 g/mol. The average Bonchev–Trinajstić information content (AvgIpc) is 2.55. The monoisotopic (exact) mass is 318 g/mol. The summed E-state index contributed by atoms with van der Waals surface area (Å²) in [6.07, 6.45) is 0. The Kier molecular flexibility index (Phi) is 4.34. The topological polar surface area (TPSA) is 34.9 Å². The zero-order valence-electron chi connectivity index (χ0n) is 14.6. The van der Waals surface area contributed by atoms with Crippen LogP contribution in [0.4, 0.5) is 0 Å². The molecule has 0 spiro atoms. The fourth-order valence-electron chi connectivity index (χ4n) is 2.75. The molecule has 2 aromatic carbocycles. The Balaban J connectivity index is 2.01. The molecule has 0 radical (unpaired) electrons. The Morgan fingerprint density at radius 2 is 1.58 bits per heavy atom. The van der Waals surface area contributed by atoms with Gasteiger partial charge >= 0.3 is 0 Å². The fraction of sp³-hybridized carbons (Fsp3) is 0.238.